The van der Waals surface area contributed by atoms with Gasteiger partial charge in [0.2, 0.25) is 21.8 Å². The number of carbonyl (C=O) groups is 2. The number of nitrogens with zero attached hydrogens (tertiary/aromatic N) is 2. The highest BCUT2D eigenvalue weighted by Gasteiger charge is 2.33. The van der Waals surface area contributed by atoms with Gasteiger partial charge in [0.05, 0.1) is 25.7 Å². The SMILES string of the molecule is CCOc1ccccc1N(CC(=O)N(Cc1ccc(OC)cc1)[C@H](CC)C(=O)NC1CCCC1)S(C)(=O)=O. The molecule has 38 heavy (non-hydrogen) atoms. The predicted octanol–water partition coefficient (Wildman–Crippen LogP) is 3.73. The zero-order valence-electron chi connectivity index (χ0n) is 22.7. The van der Waals surface area contributed by atoms with E-state index in [4.69, 9.17) is 9.47 Å². The highest BCUT2D eigenvalue weighted by Crippen LogP contribution is 2.30. The van der Waals surface area contributed by atoms with Crippen molar-refractivity contribution in [2.45, 2.75) is 64.6 Å². The van der Waals surface area contributed by atoms with Crippen LogP contribution in [0.15, 0.2) is 48.5 Å². The summed E-state index contributed by atoms with van der Waals surface area (Å²) in [7, 11) is -2.28. The molecule has 2 aromatic carbocycles. The Morgan fingerprint density at radius 2 is 1.71 bits per heavy atom. The largest absolute Gasteiger partial charge is 0.497 e. The number of nitrogens with one attached hydrogen (secondary N) is 1. The first-order valence-corrected chi connectivity index (χ1v) is 14.9. The van der Waals surface area contributed by atoms with Crippen LogP contribution in [0.5, 0.6) is 11.5 Å². The molecular weight excluding hydrogens is 506 g/mol. The van der Waals surface area contributed by atoms with Gasteiger partial charge in [-0.25, -0.2) is 8.42 Å². The van der Waals surface area contributed by atoms with Crippen LogP contribution in [0, 0.1) is 0 Å². The van der Waals surface area contributed by atoms with Gasteiger partial charge in [-0.05, 0) is 56.0 Å². The molecule has 2 amide bonds. The van der Waals surface area contributed by atoms with Crippen LogP contribution in [0.1, 0.15) is 51.5 Å². The van der Waals surface area contributed by atoms with E-state index in [1.807, 2.05) is 19.1 Å². The van der Waals surface area contributed by atoms with Crippen molar-refractivity contribution in [2.75, 3.05) is 30.8 Å². The first-order chi connectivity index (χ1) is 18.2. The molecule has 3 rings (SSSR count). The van der Waals surface area contributed by atoms with Crippen molar-refractivity contribution in [2.24, 2.45) is 0 Å². The number of hydrogen-bond acceptors (Lipinski definition) is 6. The highest BCUT2D eigenvalue weighted by molar-refractivity contribution is 7.92. The van der Waals surface area contributed by atoms with E-state index in [0.717, 1.165) is 41.8 Å². The van der Waals surface area contributed by atoms with Gasteiger partial charge in [-0.2, -0.15) is 0 Å². The molecule has 1 N–H and O–H groups in total. The maximum atomic E-state index is 13.9. The van der Waals surface area contributed by atoms with Crippen molar-refractivity contribution >= 4 is 27.5 Å². The van der Waals surface area contributed by atoms with Crippen LogP contribution in [0.2, 0.25) is 0 Å². The Morgan fingerprint density at radius 3 is 2.29 bits per heavy atom. The van der Waals surface area contributed by atoms with E-state index in [0.29, 0.717) is 24.5 Å². The van der Waals surface area contributed by atoms with Crippen LogP contribution in [0.4, 0.5) is 5.69 Å². The Hall–Kier alpha value is -3.27. The number of benzene rings is 2. The minimum absolute atomic E-state index is 0.0973. The Kier molecular flexibility index (Phi) is 10.4. The fraction of sp³-hybridized carbons (Fsp3) is 0.500. The second-order valence-electron chi connectivity index (χ2n) is 9.45. The molecule has 1 aliphatic carbocycles. The van der Waals surface area contributed by atoms with Crippen LogP contribution in [-0.4, -0.2) is 63.7 Å². The fourth-order valence-electron chi connectivity index (χ4n) is 4.75. The second kappa shape index (κ2) is 13.5. The van der Waals surface area contributed by atoms with Crippen molar-refractivity contribution in [1.82, 2.24) is 10.2 Å². The number of ether oxygens (including phenoxy) is 2. The number of carbonyl (C=O) groups excluding carboxylic acids is 2. The summed E-state index contributed by atoms with van der Waals surface area (Å²) >= 11 is 0. The van der Waals surface area contributed by atoms with Gasteiger partial charge in [0.15, 0.2) is 0 Å². The Balaban J connectivity index is 1.94. The summed E-state index contributed by atoms with van der Waals surface area (Å²) in [5.74, 6) is 0.335. The minimum Gasteiger partial charge on any atom is -0.497 e. The van der Waals surface area contributed by atoms with Gasteiger partial charge in [-0.3, -0.25) is 13.9 Å². The summed E-state index contributed by atoms with van der Waals surface area (Å²) in [6, 6.07) is 13.3. The van der Waals surface area contributed by atoms with Gasteiger partial charge < -0.3 is 19.7 Å². The van der Waals surface area contributed by atoms with Crippen LogP contribution in [-0.2, 0) is 26.2 Å². The maximum Gasteiger partial charge on any atom is 0.244 e. The quantitative estimate of drug-likeness (QED) is 0.411. The molecule has 9 nitrogen and oxygen atoms in total. The third kappa shape index (κ3) is 7.63. The van der Waals surface area contributed by atoms with Crippen molar-refractivity contribution < 1.29 is 27.5 Å². The average molecular weight is 546 g/mol. The minimum atomic E-state index is -3.85. The van der Waals surface area contributed by atoms with Gasteiger partial charge in [0, 0.05) is 12.6 Å². The third-order valence-corrected chi connectivity index (χ3v) is 7.84. The van der Waals surface area contributed by atoms with Crippen LogP contribution < -0.4 is 19.1 Å². The molecule has 0 bridgehead atoms. The summed E-state index contributed by atoms with van der Waals surface area (Å²) in [4.78, 5) is 28.7. The molecule has 2 aromatic rings. The van der Waals surface area contributed by atoms with Crippen molar-refractivity contribution in [3.05, 3.63) is 54.1 Å². The number of methoxy groups -OCH3 is 1. The second-order valence-corrected chi connectivity index (χ2v) is 11.4. The standard InChI is InChI=1S/C28H39N3O6S/c1-5-24(28(33)29-22-11-7-8-12-22)30(19-21-15-17-23(36-3)18-16-21)27(32)20-31(38(4,34)35)25-13-9-10-14-26(25)37-6-2/h9-10,13-18,22,24H,5-8,11-12,19-20H2,1-4H3,(H,29,33)/t24-/m1/s1. The molecule has 1 saturated carbocycles. The summed E-state index contributed by atoms with van der Waals surface area (Å²) in [6.45, 7) is 3.67. The summed E-state index contributed by atoms with van der Waals surface area (Å²) in [5.41, 5.74) is 1.07. The first-order valence-electron chi connectivity index (χ1n) is 13.1. The molecule has 0 radical (unpaired) electrons. The number of rotatable bonds is 13. The molecule has 0 aromatic heterocycles. The fourth-order valence-corrected chi connectivity index (χ4v) is 5.60. The molecule has 0 unspecified atom stereocenters. The molecule has 1 aliphatic rings. The number of amides is 2. The highest BCUT2D eigenvalue weighted by atomic mass is 32.2. The van der Waals surface area contributed by atoms with Crippen LogP contribution in [0.3, 0.4) is 0 Å². The molecule has 0 heterocycles. The lowest BCUT2D eigenvalue weighted by Crippen LogP contribution is -2.53. The molecule has 1 atom stereocenters. The average Bonchev–Trinajstić information content (AvgIpc) is 3.40. The molecule has 10 heteroatoms. The Morgan fingerprint density at radius 1 is 1.05 bits per heavy atom. The molecule has 1 fully saturated rings. The van der Waals surface area contributed by atoms with Gasteiger partial charge in [0.1, 0.15) is 24.1 Å². The molecule has 208 valence electrons. The number of anilines is 1. The predicted molar refractivity (Wildman–Crippen MR) is 148 cm³/mol. The molecule has 0 spiro atoms. The number of sulfonamides is 1. The molecule has 0 saturated heterocycles. The van der Waals surface area contributed by atoms with E-state index in [9.17, 15) is 18.0 Å². The number of hydrogen-bond donors (Lipinski definition) is 1. The van der Waals surface area contributed by atoms with Gasteiger partial charge >= 0.3 is 0 Å². The maximum absolute atomic E-state index is 13.9. The molecule has 0 aliphatic heterocycles. The summed E-state index contributed by atoms with van der Waals surface area (Å²) in [5, 5.41) is 3.11. The van der Waals surface area contributed by atoms with E-state index in [1.165, 1.54) is 4.90 Å². The zero-order chi connectivity index (χ0) is 27.7. The summed E-state index contributed by atoms with van der Waals surface area (Å²) < 4.78 is 37.7. The van der Waals surface area contributed by atoms with Crippen LogP contribution >= 0.6 is 0 Å². The van der Waals surface area contributed by atoms with Crippen molar-refractivity contribution in [3.8, 4) is 11.5 Å². The Labute approximate surface area is 226 Å². The van der Waals surface area contributed by atoms with Gasteiger partial charge in [-0.1, -0.05) is 44.0 Å². The zero-order valence-corrected chi connectivity index (χ0v) is 23.5. The lowest BCUT2D eigenvalue weighted by molar-refractivity contribution is -0.140. The lowest BCUT2D eigenvalue weighted by atomic mass is 10.1. The smallest absolute Gasteiger partial charge is 0.244 e. The van der Waals surface area contributed by atoms with E-state index >= 15 is 0 Å². The summed E-state index contributed by atoms with van der Waals surface area (Å²) in [6.07, 6.45) is 5.42. The van der Waals surface area contributed by atoms with E-state index < -0.39 is 28.5 Å². The van der Waals surface area contributed by atoms with Crippen molar-refractivity contribution in [1.29, 1.82) is 0 Å². The Bertz CT molecular complexity index is 1180. The van der Waals surface area contributed by atoms with Crippen molar-refractivity contribution in [3.63, 3.8) is 0 Å². The lowest BCUT2D eigenvalue weighted by Gasteiger charge is -2.33. The van der Waals surface area contributed by atoms with E-state index in [-0.39, 0.29) is 24.2 Å². The normalized spacial score (nSPS) is 14.5. The van der Waals surface area contributed by atoms with E-state index in [2.05, 4.69) is 5.32 Å². The van der Waals surface area contributed by atoms with Crippen LogP contribution in [0.25, 0.3) is 0 Å². The van der Waals surface area contributed by atoms with Gasteiger partial charge in [-0.15, -0.1) is 0 Å². The topological polar surface area (TPSA) is 105 Å². The monoisotopic (exact) mass is 545 g/mol. The molecular formula is C28H39N3O6S. The van der Waals surface area contributed by atoms with Gasteiger partial charge in [0.25, 0.3) is 0 Å². The third-order valence-electron chi connectivity index (χ3n) is 6.71. The first kappa shape index (κ1) is 29.3. The number of para-hydroxylation sites is 2. The van der Waals surface area contributed by atoms with E-state index in [1.54, 1.807) is 50.4 Å².